The van der Waals surface area contributed by atoms with Gasteiger partial charge < -0.3 is 9.84 Å². The van der Waals surface area contributed by atoms with Gasteiger partial charge in [0, 0.05) is 24.0 Å². The number of hydrogen-bond acceptors (Lipinski definition) is 4. The van der Waals surface area contributed by atoms with Crippen LogP contribution in [0.1, 0.15) is 118 Å². The molecule has 0 bridgehead atoms. The van der Waals surface area contributed by atoms with Gasteiger partial charge in [-0.1, -0.05) is 77.6 Å². The third-order valence-electron chi connectivity index (χ3n) is 7.31. The van der Waals surface area contributed by atoms with Crippen molar-refractivity contribution in [2.45, 2.75) is 123 Å². The molecule has 0 aromatic carbocycles. The Hall–Kier alpha value is -1.36. The number of rotatable bonds is 16. The summed E-state index contributed by atoms with van der Waals surface area (Å²) in [6, 6.07) is 0. The highest BCUT2D eigenvalue weighted by Crippen LogP contribution is 2.39. The fourth-order valence-electron chi connectivity index (χ4n) is 5.32. The molecule has 2 heterocycles. The van der Waals surface area contributed by atoms with Crippen molar-refractivity contribution >= 4 is 11.8 Å². The van der Waals surface area contributed by atoms with E-state index in [-0.39, 0.29) is 12.5 Å². The van der Waals surface area contributed by atoms with Gasteiger partial charge in [0.05, 0.1) is 19.7 Å². The van der Waals surface area contributed by atoms with Gasteiger partial charge in [-0.2, -0.15) is 0 Å². The Morgan fingerprint density at radius 1 is 0.969 bits per heavy atom. The van der Waals surface area contributed by atoms with Crippen LogP contribution >= 0.6 is 0 Å². The van der Waals surface area contributed by atoms with E-state index in [2.05, 4.69) is 30.2 Å². The standard InChI is InChI=1S/C27H49N2O3/c1-5-7-8-9-10-11-12-13-14-15-16-17-19-27(31)24(4)23(3)26-28(20-18-21-29(26)27)22-25(30)32-6-2/h31H,5-22H2,1-4H3/q+1. The van der Waals surface area contributed by atoms with Crippen LogP contribution in [0.3, 0.4) is 0 Å². The lowest BCUT2D eigenvalue weighted by molar-refractivity contribution is -0.530. The maximum Gasteiger partial charge on any atom is 0.348 e. The Balaban J connectivity index is 1.76. The second-order valence-electron chi connectivity index (χ2n) is 9.76. The van der Waals surface area contributed by atoms with Crippen molar-refractivity contribution < 1.29 is 19.2 Å². The largest absolute Gasteiger partial charge is 0.463 e. The summed E-state index contributed by atoms with van der Waals surface area (Å²) in [6.45, 7) is 10.6. The molecule has 1 N–H and O–H groups in total. The highest BCUT2D eigenvalue weighted by molar-refractivity contribution is 5.99. The molecule has 0 saturated carbocycles. The molecular weight excluding hydrogens is 400 g/mol. The molecule has 0 radical (unpaired) electrons. The second-order valence-corrected chi connectivity index (χ2v) is 9.76. The Bertz CT molecular complexity index is 655. The summed E-state index contributed by atoms with van der Waals surface area (Å²) < 4.78 is 7.26. The van der Waals surface area contributed by atoms with Crippen LogP contribution < -0.4 is 0 Å². The number of carbonyl (C=O) groups excluding carboxylic acids is 1. The summed E-state index contributed by atoms with van der Waals surface area (Å²) in [5.74, 6) is 0.840. The summed E-state index contributed by atoms with van der Waals surface area (Å²) in [5.41, 5.74) is 1.27. The van der Waals surface area contributed by atoms with E-state index in [1.165, 1.54) is 70.6 Å². The maximum absolute atomic E-state index is 12.1. The monoisotopic (exact) mass is 449 g/mol. The topological polar surface area (TPSA) is 52.8 Å². The molecule has 0 fully saturated rings. The number of aliphatic hydroxyl groups is 1. The molecule has 2 rings (SSSR count). The summed E-state index contributed by atoms with van der Waals surface area (Å²) in [6.07, 6.45) is 17.6. The van der Waals surface area contributed by atoms with Gasteiger partial charge in [-0.05, 0) is 27.2 Å². The van der Waals surface area contributed by atoms with Crippen LogP contribution in [-0.4, -0.2) is 58.4 Å². The number of unbranched alkanes of at least 4 members (excludes halogenated alkanes) is 11. The minimum Gasteiger partial charge on any atom is -0.463 e. The summed E-state index contributed by atoms with van der Waals surface area (Å²) in [4.78, 5) is 14.2. The summed E-state index contributed by atoms with van der Waals surface area (Å²) in [7, 11) is 0. The van der Waals surface area contributed by atoms with E-state index in [1.807, 2.05) is 6.92 Å². The van der Waals surface area contributed by atoms with Gasteiger partial charge in [0.15, 0.2) is 6.54 Å². The summed E-state index contributed by atoms with van der Waals surface area (Å²) in [5, 5.41) is 11.6. The lowest BCUT2D eigenvalue weighted by atomic mass is 9.96. The first-order valence-electron chi connectivity index (χ1n) is 13.4. The van der Waals surface area contributed by atoms with E-state index in [0.717, 1.165) is 49.3 Å². The molecule has 5 nitrogen and oxygen atoms in total. The van der Waals surface area contributed by atoms with E-state index >= 15 is 0 Å². The van der Waals surface area contributed by atoms with Crippen molar-refractivity contribution in [3.05, 3.63) is 11.1 Å². The maximum atomic E-state index is 12.1. The van der Waals surface area contributed by atoms with E-state index < -0.39 is 5.72 Å². The first-order chi connectivity index (χ1) is 15.5. The molecule has 2 aliphatic heterocycles. The Morgan fingerprint density at radius 2 is 1.53 bits per heavy atom. The molecule has 5 heteroatoms. The van der Waals surface area contributed by atoms with Crippen molar-refractivity contribution in [1.29, 1.82) is 0 Å². The molecule has 0 aliphatic carbocycles. The predicted octanol–water partition coefficient (Wildman–Crippen LogP) is 5.80. The van der Waals surface area contributed by atoms with Gasteiger partial charge in [0.1, 0.15) is 0 Å². The van der Waals surface area contributed by atoms with E-state index in [9.17, 15) is 9.90 Å². The van der Waals surface area contributed by atoms with Crippen molar-refractivity contribution in [1.82, 2.24) is 4.90 Å². The number of fused-ring (bicyclic) bond motifs is 1. The fraction of sp³-hybridized carbons (Fsp3) is 0.852. The zero-order valence-corrected chi connectivity index (χ0v) is 21.4. The van der Waals surface area contributed by atoms with Crippen molar-refractivity contribution in [3.8, 4) is 0 Å². The molecule has 1 unspecified atom stereocenters. The molecular formula is C27H49N2O3+. The van der Waals surface area contributed by atoms with Gasteiger partial charge in [-0.3, -0.25) is 4.58 Å². The van der Waals surface area contributed by atoms with Crippen molar-refractivity contribution in [3.63, 3.8) is 0 Å². The normalized spacial score (nSPS) is 20.8. The highest BCUT2D eigenvalue weighted by Gasteiger charge is 2.53. The average Bonchev–Trinajstić information content (AvgIpc) is 2.97. The van der Waals surface area contributed by atoms with E-state index in [4.69, 9.17) is 4.74 Å². The van der Waals surface area contributed by atoms with Crippen LogP contribution in [0.2, 0.25) is 0 Å². The van der Waals surface area contributed by atoms with Crippen LogP contribution in [-0.2, 0) is 9.53 Å². The lowest BCUT2D eigenvalue weighted by Gasteiger charge is -2.34. The van der Waals surface area contributed by atoms with Crippen LogP contribution in [0.25, 0.3) is 0 Å². The predicted molar refractivity (Wildman–Crippen MR) is 132 cm³/mol. The lowest BCUT2D eigenvalue weighted by Crippen LogP contribution is -2.54. The SMILES string of the molecule is CCCCCCCCCCCCCCC1(O)C(C)=C(C)C2=[N+](CC(=O)OCC)CCCN21. The number of hydrogen-bond donors (Lipinski definition) is 1. The molecule has 2 aliphatic rings. The number of nitrogens with zero attached hydrogens (tertiary/aromatic N) is 2. The minimum absolute atomic E-state index is 0.191. The summed E-state index contributed by atoms with van der Waals surface area (Å²) >= 11 is 0. The Labute approximate surface area is 196 Å². The van der Waals surface area contributed by atoms with Gasteiger partial charge in [-0.15, -0.1) is 0 Å². The van der Waals surface area contributed by atoms with Gasteiger partial charge in [0.2, 0.25) is 5.72 Å². The van der Waals surface area contributed by atoms with Gasteiger partial charge in [-0.25, -0.2) is 9.69 Å². The highest BCUT2D eigenvalue weighted by atomic mass is 16.5. The first kappa shape index (κ1) is 26.9. The van der Waals surface area contributed by atoms with E-state index in [1.54, 1.807) is 0 Å². The molecule has 0 amide bonds. The smallest absolute Gasteiger partial charge is 0.348 e. The third-order valence-corrected chi connectivity index (χ3v) is 7.31. The minimum atomic E-state index is -0.898. The molecule has 0 spiro atoms. The van der Waals surface area contributed by atoms with Gasteiger partial charge in [0.25, 0.3) is 5.84 Å². The quantitative estimate of drug-likeness (QED) is 0.184. The zero-order valence-electron chi connectivity index (χ0n) is 21.4. The van der Waals surface area contributed by atoms with E-state index in [0.29, 0.717) is 6.61 Å². The molecule has 0 aromatic heterocycles. The zero-order chi connectivity index (χ0) is 23.4. The third kappa shape index (κ3) is 7.33. The van der Waals surface area contributed by atoms with Crippen molar-refractivity contribution in [2.75, 3.05) is 26.2 Å². The Kier molecular flexibility index (Phi) is 11.8. The van der Waals surface area contributed by atoms with Crippen LogP contribution in [0, 0.1) is 0 Å². The number of ether oxygens (including phenoxy) is 1. The Morgan fingerprint density at radius 3 is 2.09 bits per heavy atom. The van der Waals surface area contributed by atoms with Crippen molar-refractivity contribution in [2.24, 2.45) is 0 Å². The number of carbonyl (C=O) groups is 1. The molecule has 0 aromatic rings. The number of esters is 1. The van der Waals surface area contributed by atoms with Crippen LogP contribution in [0.15, 0.2) is 11.1 Å². The average molecular weight is 450 g/mol. The first-order valence-corrected chi connectivity index (χ1v) is 13.4. The molecule has 32 heavy (non-hydrogen) atoms. The molecule has 1 atom stereocenters. The van der Waals surface area contributed by atoms with Gasteiger partial charge >= 0.3 is 5.97 Å². The van der Waals surface area contributed by atoms with Crippen LogP contribution in [0.5, 0.6) is 0 Å². The van der Waals surface area contributed by atoms with Crippen LogP contribution in [0.4, 0.5) is 0 Å². The second kappa shape index (κ2) is 14.0. The molecule has 184 valence electrons. The molecule has 0 saturated heterocycles. The number of amidine groups is 1. The fourth-order valence-corrected chi connectivity index (χ4v) is 5.32.